The van der Waals surface area contributed by atoms with Gasteiger partial charge in [0.15, 0.2) is 0 Å². The van der Waals surface area contributed by atoms with Crippen LogP contribution in [0.25, 0.3) is 0 Å². The molecule has 0 bridgehead atoms. The molecule has 21 heavy (non-hydrogen) atoms. The Balaban J connectivity index is 2.35. The Kier molecular flexibility index (Phi) is 5.06. The van der Waals surface area contributed by atoms with Gasteiger partial charge in [0, 0.05) is 4.47 Å². The Bertz CT molecular complexity index is 650. The summed E-state index contributed by atoms with van der Waals surface area (Å²) in [6.45, 7) is 4.49. The molecule has 1 heterocycles. The van der Waals surface area contributed by atoms with Crippen LogP contribution in [0.15, 0.2) is 28.7 Å². The topological polar surface area (TPSA) is 55.1 Å². The van der Waals surface area contributed by atoms with E-state index in [9.17, 15) is 9.90 Å². The fraction of sp³-hybridized carbons (Fsp3) is 0.333. The predicted molar refractivity (Wildman–Crippen MR) is 86.0 cm³/mol. The summed E-state index contributed by atoms with van der Waals surface area (Å²) >= 11 is 9.58. The van der Waals surface area contributed by atoms with Crippen LogP contribution in [-0.2, 0) is 13.0 Å². The van der Waals surface area contributed by atoms with Crippen molar-refractivity contribution in [3.63, 3.8) is 0 Å². The van der Waals surface area contributed by atoms with E-state index >= 15 is 0 Å². The fourth-order valence-corrected chi connectivity index (χ4v) is 2.65. The number of carboxylic acid groups (broad SMARTS) is 1. The van der Waals surface area contributed by atoms with Crippen LogP contribution in [0.2, 0.25) is 5.15 Å². The van der Waals surface area contributed by atoms with Crippen molar-refractivity contribution in [3.05, 3.63) is 50.7 Å². The summed E-state index contributed by atoms with van der Waals surface area (Å²) in [5.41, 5.74) is 1.66. The van der Waals surface area contributed by atoms with E-state index in [1.807, 2.05) is 38.1 Å². The van der Waals surface area contributed by atoms with Crippen molar-refractivity contribution in [2.45, 2.75) is 26.8 Å². The van der Waals surface area contributed by atoms with E-state index in [1.54, 1.807) is 4.68 Å². The third kappa shape index (κ3) is 3.86. The van der Waals surface area contributed by atoms with E-state index in [1.165, 1.54) is 0 Å². The number of carbonyl (C=O) groups is 1. The van der Waals surface area contributed by atoms with E-state index in [-0.39, 0.29) is 10.7 Å². The summed E-state index contributed by atoms with van der Waals surface area (Å²) in [5.74, 6) is -0.715. The van der Waals surface area contributed by atoms with Gasteiger partial charge in [0.2, 0.25) is 0 Å². The quantitative estimate of drug-likeness (QED) is 0.855. The summed E-state index contributed by atoms with van der Waals surface area (Å²) in [5, 5.41) is 13.9. The van der Waals surface area contributed by atoms with E-state index in [0.717, 1.165) is 10.0 Å². The Morgan fingerprint density at radius 3 is 2.52 bits per heavy atom. The molecule has 0 spiro atoms. The molecule has 0 saturated carbocycles. The second-order valence-corrected chi connectivity index (χ2v) is 6.57. The van der Waals surface area contributed by atoms with Crippen LogP contribution in [0.1, 0.15) is 35.5 Å². The molecule has 0 unspecified atom stereocenters. The lowest BCUT2D eigenvalue weighted by molar-refractivity contribution is 0.0695. The molecule has 0 aliphatic rings. The number of hydrogen-bond acceptors (Lipinski definition) is 2. The average Bonchev–Trinajstić information content (AvgIpc) is 2.68. The van der Waals surface area contributed by atoms with Crippen LogP contribution in [-0.4, -0.2) is 20.9 Å². The van der Waals surface area contributed by atoms with Gasteiger partial charge in [-0.1, -0.05) is 53.5 Å². The third-order valence-electron chi connectivity index (χ3n) is 3.02. The summed E-state index contributed by atoms with van der Waals surface area (Å²) < 4.78 is 2.54. The monoisotopic (exact) mass is 370 g/mol. The Hall–Kier alpha value is -1.33. The average molecular weight is 372 g/mol. The second kappa shape index (κ2) is 6.62. The highest BCUT2D eigenvalue weighted by atomic mass is 79.9. The minimum absolute atomic E-state index is 0.113. The highest BCUT2D eigenvalue weighted by molar-refractivity contribution is 9.10. The van der Waals surface area contributed by atoms with Gasteiger partial charge < -0.3 is 5.11 Å². The first-order chi connectivity index (χ1) is 9.88. The molecule has 1 N–H and O–H groups in total. The van der Waals surface area contributed by atoms with Crippen LogP contribution < -0.4 is 0 Å². The molecule has 0 fully saturated rings. The Morgan fingerprint density at radius 1 is 1.38 bits per heavy atom. The van der Waals surface area contributed by atoms with Crippen LogP contribution in [0.4, 0.5) is 0 Å². The van der Waals surface area contributed by atoms with E-state index in [4.69, 9.17) is 11.6 Å². The van der Waals surface area contributed by atoms with Gasteiger partial charge in [0.05, 0.1) is 12.2 Å². The van der Waals surface area contributed by atoms with Crippen LogP contribution in [0, 0.1) is 5.92 Å². The zero-order valence-electron chi connectivity index (χ0n) is 11.8. The first-order valence-corrected chi connectivity index (χ1v) is 7.78. The van der Waals surface area contributed by atoms with Gasteiger partial charge in [-0.25, -0.2) is 9.48 Å². The number of nitrogens with zero attached hydrogens (tertiary/aromatic N) is 2. The van der Waals surface area contributed by atoms with Crippen LogP contribution in [0.3, 0.4) is 0 Å². The molecule has 0 amide bonds. The van der Waals surface area contributed by atoms with E-state index in [0.29, 0.717) is 24.6 Å². The lowest BCUT2D eigenvalue weighted by Crippen LogP contribution is -2.04. The molecule has 0 saturated heterocycles. The third-order valence-corrected chi connectivity index (χ3v) is 3.94. The largest absolute Gasteiger partial charge is 0.478 e. The van der Waals surface area contributed by atoms with Crippen molar-refractivity contribution in [1.82, 2.24) is 9.78 Å². The molecule has 1 aromatic carbocycles. The molecule has 4 nitrogen and oxygen atoms in total. The Morgan fingerprint density at radius 2 is 2.00 bits per heavy atom. The molecule has 0 radical (unpaired) electrons. The van der Waals surface area contributed by atoms with Crippen LogP contribution in [0.5, 0.6) is 0 Å². The molecule has 1 aromatic heterocycles. The highest BCUT2D eigenvalue weighted by Gasteiger charge is 2.22. The second-order valence-electron chi connectivity index (χ2n) is 5.30. The van der Waals surface area contributed by atoms with Crippen molar-refractivity contribution < 1.29 is 9.90 Å². The zero-order valence-corrected chi connectivity index (χ0v) is 14.1. The molecule has 2 aromatic rings. The highest BCUT2D eigenvalue weighted by Crippen LogP contribution is 2.24. The minimum Gasteiger partial charge on any atom is -0.478 e. The lowest BCUT2D eigenvalue weighted by atomic mass is 10.1. The van der Waals surface area contributed by atoms with Crippen molar-refractivity contribution in [1.29, 1.82) is 0 Å². The number of hydrogen-bond donors (Lipinski definition) is 1. The SMILES string of the molecule is CC(C)Cc1nn(Cc2ccc(Br)cc2)c(Cl)c1C(=O)O. The van der Waals surface area contributed by atoms with Crippen molar-refractivity contribution in [2.24, 2.45) is 5.92 Å². The number of halogens is 2. The molecular weight excluding hydrogens is 356 g/mol. The number of aromatic carboxylic acids is 1. The minimum atomic E-state index is -1.03. The predicted octanol–water partition coefficient (Wildman–Crippen LogP) is 4.24. The Labute approximate surface area is 136 Å². The molecule has 0 atom stereocenters. The van der Waals surface area contributed by atoms with Gasteiger partial charge >= 0.3 is 5.97 Å². The molecule has 112 valence electrons. The van der Waals surface area contributed by atoms with Gasteiger partial charge in [-0.3, -0.25) is 0 Å². The standard InChI is InChI=1S/C15H16BrClN2O2/c1-9(2)7-12-13(15(20)21)14(17)19(18-12)8-10-3-5-11(16)6-4-10/h3-6,9H,7-8H2,1-2H3,(H,20,21). The number of benzene rings is 1. The summed E-state index contributed by atoms with van der Waals surface area (Å²) in [7, 11) is 0. The van der Waals surface area contributed by atoms with Crippen LogP contribution >= 0.6 is 27.5 Å². The summed E-state index contributed by atoms with van der Waals surface area (Å²) in [4.78, 5) is 11.4. The maximum absolute atomic E-state index is 11.4. The van der Waals surface area contributed by atoms with Gasteiger partial charge in [0.1, 0.15) is 10.7 Å². The number of aromatic nitrogens is 2. The lowest BCUT2D eigenvalue weighted by Gasteiger charge is -2.04. The first kappa shape index (κ1) is 16.0. The molecule has 0 aliphatic heterocycles. The fourth-order valence-electron chi connectivity index (χ4n) is 2.10. The van der Waals surface area contributed by atoms with Gasteiger partial charge in [-0.15, -0.1) is 0 Å². The van der Waals surface area contributed by atoms with Gasteiger partial charge in [-0.05, 0) is 30.0 Å². The molecule has 6 heteroatoms. The molecule has 2 rings (SSSR count). The van der Waals surface area contributed by atoms with Crippen molar-refractivity contribution in [3.8, 4) is 0 Å². The normalized spacial score (nSPS) is 11.1. The summed E-state index contributed by atoms with van der Waals surface area (Å²) in [6, 6.07) is 7.76. The number of rotatable bonds is 5. The smallest absolute Gasteiger partial charge is 0.340 e. The van der Waals surface area contributed by atoms with Crippen molar-refractivity contribution >= 4 is 33.5 Å². The maximum atomic E-state index is 11.4. The number of carboxylic acids is 1. The maximum Gasteiger partial charge on any atom is 0.340 e. The molecule has 0 aliphatic carbocycles. The summed E-state index contributed by atoms with van der Waals surface area (Å²) in [6.07, 6.45) is 0.592. The van der Waals surface area contributed by atoms with Gasteiger partial charge in [-0.2, -0.15) is 5.10 Å². The van der Waals surface area contributed by atoms with Gasteiger partial charge in [0.25, 0.3) is 0 Å². The first-order valence-electron chi connectivity index (χ1n) is 6.61. The van der Waals surface area contributed by atoms with E-state index < -0.39 is 5.97 Å². The van der Waals surface area contributed by atoms with E-state index in [2.05, 4.69) is 21.0 Å². The van der Waals surface area contributed by atoms with Crippen molar-refractivity contribution in [2.75, 3.05) is 0 Å². The zero-order chi connectivity index (χ0) is 15.6. The molecular formula is C15H16BrClN2O2.